The Kier molecular flexibility index (Phi) is 6.97. The molecule has 2 unspecified atom stereocenters. The van der Waals surface area contributed by atoms with Gasteiger partial charge in [0, 0.05) is 18.6 Å². The molecule has 2 heterocycles. The van der Waals surface area contributed by atoms with Crippen LogP contribution in [0.1, 0.15) is 36.0 Å². The van der Waals surface area contributed by atoms with E-state index in [0.717, 1.165) is 43.7 Å². The first-order valence-electron chi connectivity index (χ1n) is 9.99. The van der Waals surface area contributed by atoms with E-state index in [1.807, 2.05) is 36.4 Å². The van der Waals surface area contributed by atoms with Crippen LogP contribution in [0.25, 0.3) is 0 Å². The summed E-state index contributed by atoms with van der Waals surface area (Å²) in [6.45, 7) is 4.60. The van der Waals surface area contributed by atoms with Crippen LogP contribution < -0.4 is 10.1 Å². The maximum absolute atomic E-state index is 13.0. The molecule has 2 aliphatic rings. The molecule has 2 aromatic rings. The summed E-state index contributed by atoms with van der Waals surface area (Å²) in [4.78, 5) is 15.1. The Balaban J connectivity index is 0.00000225. The van der Waals surface area contributed by atoms with Crippen molar-refractivity contribution in [2.45, 2.75) is 51.3 Å². The van der Waals surface area contributed by atoms with Crippen molar-refractivity contribution in [3.05, 3.63) is 65.2 Å². The number of halogens is 1. The summed E-state index contributed by atoms with van der Waals surface area (Å²) in [5.41, 5.74) is 3.44. The highest BCUT2D eigenvalue weighted by Gasteiger charge is 2.37. The molecule has 150 valence electrons. The topological polar surface area (TPSA) is 41.6 Å². The zero-order valence-corrected chi connectivity index (χ0v) is 17.2. The van der Waals surface area contributed by atoms with Gasteiger partial charge in [-0.05, 0) is 61.6 Å². The molecule has 0 aromatic heterocycles. The Morgan fingerprint density at radius 2 is 1.93 bits per heavy atom. The first kappa shape index (κ1) is 20.7. The van der Waals surface area contributed by atoms with E-state index in [1.165, 1.54) is 11.1 Å². The van der Waals surface area contributed by atoms with E-state index in [-0.39, 0.29) is 18.3 Å². The van der Waals surface area contributed by atoms with Gasteiger partial charge in [-0.2, -0.15) is 0 Å². The Hall–Kier alpha value is -2.04. The van der Waals surface area contributed by atoms with E-state index in [0.29, 0.717) is 25.1 Å². The van der Waals surface area contributed by atoms with Crippen molar-refractivity contribution in [1.29, 1.82) is 0 Å². The summed E-state index contributed by atoms with van der Waals surface area (Å²) in [5, 5.41) is 3.46. The van der Waals surface area contributed by atoms with Gasteiger partial charge < -0.3 is 15.0 Å². The lowest BCUT2D eigenvalue weighted by Gasteiger charge is -2.28. The Labute approximate surface area is 173 Å². The van der Waals surface area contributed by atoms with Crippen LogP contribution in [0.4, 0.5) is 0 Å². The van der Waals surface area contributed by atoms with Gasteiger partial charge in [0.15, 0.2) is 0 Å². The Morgan fingerprint density at radius 3 is 2.79 bits per heavy atom. The van der Waals surface area contributed by atoms with Gasteiger partial charge in [-0.3, -0.25) is 4.79 Å². The fraction of sp³-hybridized carbons (Fsp3) is 0.435. The molecule has 2 atom stereocenters. The predicted octanol–water partition coefficient (Wildman–Crippen LogP) is 3.89. The number of rotatable bonds is 5. The van der Waals surface area contributed by atoms with Gasteiger partial charge in [0.05, 0.1) is 6.42 Å². The lowest BCUT2D eigenvalue weighted by atomic mass is 10.1. The van der Waals surface area contributed by atoms with Crippen LogP contribution in [0.15, 0.2) is 48.5 Å². The van der Waals surface area contributed by atoms with Crippen molar-refractivity contribution in [2.75, 3.05) is 13.1 Å². The summed E-state index contributed by atoms with van der Waals surface area (Å²) >= 11 is 0. The maximum atomic E-state index is 13.0. The predicted molar refractivity (Wildman–Crippen MR) is 114 cm³/mol. The third-order valence-electron chi connectivity index (χ3n) is 5.85. The number of amides is 1. The number of fused-ring (bicyclic) bond motifs is 2. The maximum Gasteiger partial charge on any atom is 0.227 e. The lowest BCUT2D eigenvalue weighted by molar-refractivity contribution is -0.133. The molecular formula is C23H29ClN2O2. The minimum atomic E-state index is 0. The van der Waals surface area contributed by atoms with Gasteiger partial charge in [-0.1, -0.05) is 36.4 Å². The average molecular weight is 401 g/mol. The van der Waals surface area contributed by atoms with E-state index in [4.69, 9.17) is 4.74 Å². The smallest absolute Gasteiger partial charge is 0.227 e. The van der Waals surface area contributed by atoms with E-state index in [2.05, 4.69) is 29.3 Å². The molecule has 2 aromatic carbocycles. The van der Waals surface area contributed by atoms with E-state index < -0.39 is 0 Å². The van der Waals surface area contributed by atoms with Crippen LogP contribution in [0.2, 0.25) is 0 Å². The number of hydrogen-bond donors (Lipinski definition) is 1. The van der Waals surface area contributed by atoms with Gasteiger partial charge in [-0.25, -0.2) is 0 Å². The molecule has 4 rings (SSSR count). The summed E-state index contributed by atoms with van der Waals surface area (Å²) in [6.07, 6.45) is 3.80. The van der Waals surface area contributed by atoms with Gasteiger partial charge in [0.2, 0.25) is 5.91 Å². The van der Waals surface area contributed by atoms with Crippen LogP contribution in [-0.2, 0) is 17.8 Å². The molecule has 4 nitrogen and oxygen atoms in total. The summed E-state index contributed by atoms with van der Waals surface area (Å²) in [6, 6.07) is 17.0. The normalized spacial score (nSPS) is 21.0. The zero-order valence-electron chi connectivity index (χ0n) is 16.4. The van der Waals surface area contributed by atoms with E-state index in [9.17, 15) is 4.79 Å². The van der Waals surface area contributed by atoms with Gasteiger partial charge >= 0.3 is 0 Å². The molecule has 2 bridgehead atoms. The molecule has 1 amide bonds. The third-order valence-corrected chi connectivity index (χ3v) is 5.85. The van der Waals surface area contributed by atoms with Crippen molar-refractivity contribution in [2.24, 2.45) is 0 Å². The highest BCUT2D eigenvalue weighted by molar-refractivity contribution is 5.85. The second-order valence-electron chi connectivity index (χ2n) is 7.72. The number of nitrogens with zero attached hydrogens (tertiary/aromatic N) is 1. The molecule has 0 spiro atoms. The molecule has 0 saturated carbocycles. The first-order chi connectivity index (χ1) is 13.2. The number of hydrogen-bond acceptors (Lipinski definition) is 3. The Morgan fingerprint density at radius 1 is 1.11 bits per heavy atom. The molecule has 0 aliphatic carbocycles. The average Bonchev–Trinajstić information content (AvgIpc) is 2.94. The van der Waals surface area contributed by atoms with E-state index in [1.54, 1.807) is 0 Å². The number of carbonyl (C=O) groups is 1. The summed E-state index contributed by atoms with van der Waals surface area (Å²) < 4.78 is 5.98. The quantitative estimate of drug-likeness (QED) is 0.827. The molecule has 2 aliphatic heterocycles. The molecule has 28 heavy (non-hydrogen) atoms. The zero-order chi connectivity index (χ0) is 18.6. The van der Waals surface area contributed by atoms with E-state index >= 15 is 0 Å². The molecule has 2 saturated heterocycles. The molecule has 0 radical (unpaired) electrons. The molecular weight excluding hydrogens is 372 g/mol. The summed E-state index contributed by atoms with van der Waals surface area (Å²) in [7, 11) is 0. The minimum Gasteiger partial charge on any atom is -0.489 e. The number of benzene rings is 2. The lowest BCUT2D eigenvalue weighted by Crippen LogP contribution is -2.43. The second-order valence-corrected chi connectivity index (χ2v) is 7.72. The summed E-state index contributed by atoms with van der Waals surface area (Å²) in [5.74, 6) is 1.08. The van der Waals surface area contributed by atoms with Crippen LogP contribution in [0.3, 0.4) is 0 Å². The fourth-order valence-corrected chi connectivity index (χ4v) is 4.33. The molecule has 5 heteroatoms. The number of aryl methyl sites for hydroxylation is 1. The van der Waals surface area contributed by atoms with Crippen molar-refractivity contribution in [3.8, 4) is 5.75 Å². The van der Waals surface area contributed by atoms with Crippen molar-refractivity contribution >= 4 is 18.3 Å². The van der Waals surface area contributed by atoms with Crippen LogP contribution >= 0.6 is 12.4 Å². The SMILES string of the molecule is Cc1ccccc1COc1cccc(CC(=O)N2C3CCNCC2CC3)c1.Cl. The largest absolute Gasteiger partial charge is 0.489 e. The van der Waals surface area contributed by atoms with Gasteiger partial charge in [0.25, 0.3) is 0 Å². The third kappa shape index (κ3) is 4.68. The van der Waals surface area contributed by atoms with Gasteiger partial charge in [-0.15, -0.1) is 12.4 Å². The Bertz CT molecular complexity index is 797. The van der Waals surface area contributed by atoms with Crippen molar-refractivity contribution in [3.63, 3.8) is 0 Å². The van der Waals surface area contributed by atoms with Crippen molar-refractivity contribution in [1.82, 2.24) is 10.2 Å². The number of carbonyl (C=O) groups excluding carboxylic acids is 1. The van der Waals surface area contributed by atoms with Crippen molar-refractivity contribution < 1.29 is 9.53 Å². The highest BCUT2D eigenvalue weighted by Crippen LogP contribution is 2.29. The molecule has 2 fully saturated rings. The van der Waals surface area contributed by atoms with Crippen LogP contribution in [0.5, 0.6) is 5.75 Å². The second kappa shape index (κ2) is 9.44. The fourth-order valence-electron chi connectivity index (χ4n) is 4.33. The van der Waals surface area contributed by atoms with Crippen LogP contribution in [-0.4, -0.2) is 36.0 Å². The standard InChI is InChI=1S/C23H28N2O2.ClH/c1-17-5-2-3-7-19(17)16-27-22-8-4-6-18(13-22)14-23(26)25-20-9-10-21(25)15-24-12-11-20;/h2-8,13,20-21,24H,9-12,14-16H2,1H3;1H. The number of ether oxygens (including phenoxy) is 1. The first-order valence-corrected chi connectivity index (χ1v) is 9.99. The number of nitrogens with one attached hydrogen (secondary N) is 1. The van der Waals surface area contributed by atoms with Gasteiger partial charge in [0.1, 0.15) is 12.4 Å². The highest BCUT2D eigenvalue weighted by atomic mass is 35.5. The van der Waals surface area contributed by atoms with Crippen LogP contribution in [0, 0.1) is 6.92 Å². The molecule has 1 N–H and O–H groups in total. The minimum absolute atomic E-state index is 0. The monoisotopic (exact) mass is 400 g/mol.